The number of para-hydroxylation sites is 1. The van der Waals surface area contributed by atoms with Gasteiger partial charge in [-0.25, -0.2) is 0 Å². The smallest absolute Gasteiger partial charge is 0.0403 e. The Balaban J connectivity index is 0.000000212. The third kappa shape index (κ3) is 6.28. The van der Waals surface area contributed by atoms with E-state index in [2.05, 4.69) is 97.3 Å². The third-order valence-electron chi connectivity index (χ3n) is 3.84. The van der Waals surface area contributed by atoms with Crippen LogP contribution >= 0.6 is 47.8 Å². The van der Waals surface area contributed by atoms with Crippen molar-refractivity contribution in [3.8, 4) is 0 Å². The van der Waals surface area contributed by atoms with E-state index in [0.717, 1.165) is 21.2 Å². The van der Waals surface area contributed by atoms with Crippen molar-refractivity contribution in [2.24, 2.45) is 0 Å². The highest BCUT2D eigenvalue weighted by molar-refractivity contribution is 9.11. The molecule has 0 aromatic heterocycles. The Kier molecular flexibility index (Phi) is 8.20. The molecule has 25 heavy (non-hydrogen) atoms. The van der Waals surface area contributed by atoms with Crippen LogP contribution in [-0.4, -0.2) is 0 Å². The fourth-order valence-corrected chi connectivity index (χ4v) is 3.58. The Morgan fingerprint density at radius 1 is 0.640 bits per heavy atom. The van der Waals surface area contributed by atoms with Crippen LogP contribution in [0, 0.1) is 13.8 Å². The molecular weight excluding hydrogens is 506 g/mol. The first-order chi connectivity index (χ1) is 12.0. The van der Waals surface area contributed by atoms with E-state index in [4.69, 9.17) is 0 Å². The summed E-state index contributed by atoms with van der Waals surface area (Å²) in [5.41, 5.74) is 5.02. The van der Waals surface area contributed by atoms with E-state index in [-0.39, 0.29) is 0 Å². The minimum absolute atomic E-state index is 0.856. The van der Waals surface area contributed by atoms with Gasteiger partial charge in [-0.1, -0.05) is 84.2 Å². The zero-order valence-electron chi connectivity index (χ0n) is 14.2. The average molecular weight is 526 g/mol. The molecule has 0 aliphatic rings. The molecule has 3 rings (SSSR count). The molecule has 130 valence electrons. The molecule has 3 aromatic carbocycles. The molecule has 0 saturated heterocycles. The molecule has 3 aromatic rings. The first kappa shape index (κ1) is 20.2. The van der Waals surface area contributed by atoms with Crippen molar-refractivity contribution in [1.29, 1.82) is 0 Å². The average Bonchev–Trinajstić information content (AvgIpc) is 2.62. The van der Waals surface area contributed by atoms with E-state index in [0.29, 0.717) is 0 Å². The van der Waals surface area contributed by atoms with Gasteiger partial charge in [0.25, 0.3) is 0 Å². The SMILES string of the molecule is Cc1c(Br)cccc1Br.Cc1c(Br)cccc1CNc1ccccc1. The van der Waals surface area contributed by atoms with Crippen LogP contribution in [0.5, 0.6) is 0 Å². The van der Waals surface area contributed by atoms with Crippen molar-refractivity contribution in [3.63, 3.8) is 0 Å². The molecule has 0 amide bonds. The highest BCUT2D eigenvalue weighted by Gasteiger charge is 2.01. The van der Waals surface area contributed by atoms with Gasteiger partial charge < -0.3 is 5.32 Å². The van der Waals surface area contributed by atoms with Crippen LogP contribution in [-0.2, 0) is 6.54 Å². The predicted octanol–water partition coefficient (Wildman–Crippen LogP) is 7.89. The zero-order chi connectivity index (χ0) is 18.2. The van der Waals surface area contributed by atoms with Crippen LogP contribution in [0.25, 0.3) is 0 Å². The number of anilines is 1. The summed E-state index contributed by atoms with van der Waals surface area (Å²) in [5, 5.41) is 3.41. The molecule has 0 unspecified atom stereocenters. The lowest BCUT2D eigenvalue weighted by molar-refractivity contribution is 1.11. The normalized spacial score (nSPS) is 9.96. The molecule has 0 saturated carbocycles. The molecule has 0 bridgehead atoms. The molecule has 1 N–H and O–H groups in total. The van der Waals surface area contributed by atoms with Crippen LogP contribution in [0.4, 0.5) is 5.69 Å². The summed E-state index contributed by atoms with van der Waals surface area (Å²) in [5.74, 6) is 0. The maximum Gasteiger partial charge on any atom is 0.0403 e. The second-order valence-corrected chi connectivity index (χ2v) is 8.15. The number of halogens is 3. The van der Waals surface area contributed by atoms with Gasteiger partial charge in [-0.05, 0) is 60.9 Å². The summed E-state index contributed by atoms with van der Waals surface area (Å²) in [7, 11) is 0. The Morgan fingerprint density at radius 2 is 1.16 bits per heavy atom. The quantitative estimate of drug-likeness (QED) is 0.366. The molecule has 4 heteroatoms. The molecule has 0 atom stereocenters. The molecule has 0 spiro atoms. The van der Waals surface area contributed by atoms with Gasteiger partial charge in [0.2, 0.25) is 0 Å². The summed E-state index contributed by atoms with van der Waals surface area (Å²) in [4.78, 5) is 0. The standard InChI is InChI=1S/C14H14BrN.C7H6Br2/c1-11-12(6-5-9-14(11)15)10-16-13-7-3-2-4-8-13;1-5-6(8)3-2-4-7(5)9/h2-9,16H,10H2,1H3;2-4H,1H3. The van der Waals surface area contributed by atoms with E-state index < -0.39 is 0 Å². The molecular formula is C21H20Br3N. The lowest BCUT2D eigenvalue weighted by atomic mass is 10.1. The summed E-state index contributed by atoms with van der Waals surface area (Å²) >= 11 is 10.4. The van der Waals surface area contributed by atoms with Crippen molar-refractivity contribution in [1.82, 2.24) is 0 Å². The highest BCUT2D eigenvalue weighted by atomic mass is 79.9. The van der Waals surface area contributed by atoms with Gasteiger partial charge in [0, 0.05) is 25.7 Å². The summed E-state index contributed by atoms with van der Waals surface area (Å²) in [6.07, 6.45) is 0. The molecule has 0 aliphatic carbocycles. The van der Waals surface area contributed by atoms with Crippen molar-refractivity contribution in [2.75, 3.05) is 5.32 Å². The summed E-state index contributed by atoms with van der Waals surface area (Å²) < 4.78 is 3.47. The topological polar surface area (TPSA) is 12.0 Å². The van der Waals surface area contributed by atoms with Crippen LogP contribution in [0.3, 0.4) is 0 Å². The number of benzene rings is 3. The van der Waals surface area contributed by atoms with E-state index in [1.54, 1.807) is 0 Å². The van der Waals surface area contributed by atoms with Gasteiger partial charge in [0.1, 0.15) is 0 Å². The first-order valence-corrected chi connectivity index (χ1v) is 10.3. The van der Waals surface area contributed by atoms with Gasteiger partial charge in [0.15, 0.2) is 0 Å². The van der Waals surface area contributed by atoms with Crippen molar-refractivity contribution in [3.05, 3.63) is 96.8 Å². The van der Waals surface area contributed by atoms with Gasteiger partial charge in [-0.2, -0.15) is 0 Å². The van der Waals surface area contributed by atoms with E-state index in [1.165, 1.54) is 21.2 Å². The first-order valence-electron chi connectivity index (χ1n) is 7.92. The minimum atomic E-state index is 0.856. The second kappa shape index (κ2) is 10.1. The van der Waals surface area contributed by atoms with Crippen LogP contribution in [0.1, 0.15) is 16.7 Å². The molecule has 1 nitrogen and oxygen atoms in total. The van der Waals surface area contributed by atoms with Crippen LogP contribution in [0.15, 0.2) is 80.1 Å². The van der Waals surface area contributed by atoms with Gasteiger partial charge in [-0.15, -0.1) is 0 Å². The Bertz CT molecular complexity index is 796. The maximum absolute atomic E-state index is 3.54. The minimum Gasteiger partial charge on any atom is -0.381 e. The number of hydrogen-bond acceptors (Lipinski definition) is 1. The van der Waals surface area contributed by atoms with Gasteiger partial charge in [0.05, 0.1) is 0 Å². The largest absolute Gasteiger partial charge is 0.381 e. The second-order valence-electron chi connectivity index (χ2n) is 5.59. The zero-order valence-corrected chi connectivity index (χ0v) is 18.9. The van der Waals surface area contributed by atoms with E-state index in [9.17, 15) is 0 Å². The molecule has 0 fully saturated rings. The monoisotopic (exact) mass is 523 g/mol. The third-order valence-corrected chi connectivity index (χ3v) is 6.42. The fraction of sp³-hybridized carbons (Fsp3) is 0.143. The molecule has 0 heterocycles. The number of nitrogens with one attached hydrogen (secondary N) is 1. The Morgan fingerprint density at radius 3 is 1.72 bits per heavy atom. The number of rotatable bonds is 3. The van der Waals surface area contributed by atoms with E-state index in [1.807, 2.05) is 36.4 Å². The Hall–Kier alpha value is -1.10. The summed E-state index contributed by atoms with van der Waals surface area (Å²) in [6, 6.07) is 22.6. The Labute approximate surface area is 175 Å². The van der Waals surface area contributed by atoms with Crippen molar-refractivity contribution < 1.29 is 0 Å². The predicted molar refractivity (Wildman–Crippen MR) is 119 cm³/mol. The lowest BCUT2D eigenvalue weighted by Crippen LogP contribution is -2.01. The van der Waals surface area contributed by atoms with Crippen molar-refractivity contribution in [2.45, 2.75) is 20.4 Å². The number of hydrogen-bond donors (Lipinski definition) is 1. The van der Waals surface area contributed by atoms with Gasteiger partial charge >= 0.3 is 0 Å². The molecule has 0 aliphatic heterocycles. The van der Waals surface area contributed by atoms with Crippen molar-refractivity contribution >= 4 is 53.5 Å². The summed E-state index contributed by atoms with van der Waals surface area (Å²) in [6.45, 7) is 5.05. The van der Waals surface area contributed by atoms with Gasteiger partial charge in [-0.3, -0.25) is 0 Å². The lowest BCUT2D eigenvalue weighted by Gasteiger charge is -2.10. The highest BCUT2D eigenvalue weighted by Crippen LogP contribution is 2.23. The van der Waals surface area contributed by atoms with E-state index >= 15 is 0 Å². The van der Waals surface area contributed by atoms with Crippen LogP contribution < -0.4 is 5.32 Å². The fourth-order valence-electron chi connectivity index (χ4n) is 2.18. The maximum atomic E-state index is 3.54. The van der Waals surface area contributed by atoms with Crippen LogP contribution in [0.2, 0.25) is 0 Å². The molecule has 0 radical (unpaired) electrons.